The molecule has 0 amide bonds. The number of pyridine rings is 1. The molecule has 0 aliphatic carbocycles. The minimum absolute atomic E-state index is 0. The fraction of sp³-hybridized carbons (Fsp3) is 0.111. The molecule has 1 aromatic heterocycles. The molecule has 3 nitrogen and oxygen atoms in total. The van der Waals surface area contributed by atoms with Gasteiger partial charge in [-0.25, -0.2) is 4.98 Å². The van der Waals surface area contributed by atoms with Gasteiger partial charge in [0.25, 0.3) is 0 Å². The lowest BCUT2D eigenvalue weighted by atomic mass is 10.1. The minimum atomic E-state index is -0.620. The summed E-state index contributed by atoms with van der Waals surface area (Å²) in [6.07, 6.45) is 1.16. The van der Waals surface area contributed by atoms with Crippen molar-refractivity contribution in [2.45, 2.75) is 0 Å². The molecule has 1 rings (SSSR count). The van der Waals surface area contributed by atoms with Crippen molar-refractivity contribution in [1.29, 1.82) is 0 Å². The first-order chi connectivity index (χ1) is 6.19. The van der Waals surface area contributed by atoms with Crippen LogP contribution in [0.3, 0.4) is 0 Å². The van der Waals surface area contributed by atoms with Crippen molar-refractivity contribution in [3.05, 3.63) is 36.3 Å². The minimum Gasteiger partial charge on any atom is -0.372 e. The topological polar surface area (TPSA) is 42.0 Å². The third-order valence-corrected chi connectivity index (χ3v) is 1.55. The molecule has 13 heavy (non-hydrogen) atoms. The van der Waals surface area contributed by atoms with Crippen LogP contribution in [0, 0.1) is 5.95 Å². The monoisotopic (exact) mass is 182 g/mol. The molecular formula is C9H11FN2O. The van der Waals surface area contributed by atoms with Crippen LogP contribution in [0.25, 0.3) is 0 Å². The van der Waals surface area contributed by atoms with E-state index in [4.69, 9.17) is 0 Å². The zero-order valence-electron chi connectivity index (χ0n) is 7.17. The highest BCUT2D eigenvalue weighted by Crippen LogP contribution is 2.13. The normalized spacial score (nSPS) is 9.38. The average Bonchev–Trinajstić information content (AvgIpc) is 2.16. The van der Waals surface area contributed by atoms with Crippen LogP contribution in [0.15, 0.2) is 24.8 Å². The molecule has 0 saturated carbocycles. The first-order valence-electron chi connectivity index (χ1n) is 3.70. The van der Waals surface area contributed by atoms with Gasteiger partial charge in [0.15, 0.2) is 5.78 Å². The molecule has 1 aromatic rings. The van der Waals surface area contributed by atoms with Crippen LogP contribution in [0.4, 0.5) is 10.2 Å². The summed E-state index contributed by atoms with van der Waals surface area (Å²) in [6, 6.07) is 2.51. The summed E-state index contributed by atoms with van der Waals surface area (Å²) in [4.78, 5) is 14.7. The predicted molar refractivity (Wildman–Crippen MR) is 50.4 cm³/mol. The molecule has 0 radical (unpaired) electrons. The predicted octanol–water partition coefficient (Wildman–Crippen LogP) is 1.88. The van der Waals surface area contributed by atoms with Gasteiger partial charge in [-0.1, -0.05) is 6.58 Å². The van der Waals surface area contributed by atoms with Gasteiger partial charge in [-0.05, 0) is 18.2 Å². The first-order valence-corrected chi connectivity index (χ1v) is 3.70. The van der Waals surface area contributed by atoms with Gasteiger partial charge in [0.1, 0.15) is 5.82 Å². The van der Waals surface area contributed by atoms with Crippen molar-refractivity contribution < 1.29 is 10.6 Å². The lowest BCUT2D eigenvalue weighted by Gasteiger charge is -2.03. The third kappa shape index (κ3) is 1.90. The van der Waals surface area contributed by atoms with Gasteiger partial charge < -0.3 is 5.32 Å². The van der Waals surface area contributed by atoms with Gasteiger partial charge in [0, 0.05) is 8.47 Å². The van der Waals surface area contributed by atoms with E-state index in [1.807, 2.05) is 0 Å². The number of carbonyl (C=O) groups excluding carboxylic acids is 1. The summed E-state index contributed by atoms with van der Waals surface area (Å²) in [5.41, 5.74) is 0.318. The Hall–Kier alpha value is -1.71. The SMILES string of the molecule is C=CC(=O)c1ccc(F)nc1NC.[HH]. The lowest BCUT2D eigenvalue weighted by molar-refractivity contribution is 0.104. The van der Waals surface area contributed by atoms with Crippen molar-refractivity contribution in [1.82, 2.24) is 4.98 Å². The molecule has 0 atom stereocenters. The molecule has 0 aliphatic heterocycles. The Balaban J connectivity index is 0.00000169. The number of nitrogens with zero attached hydrogens (tertiary/aromatic N) is 1. The standard InChI is InChI=1S/C9H9FN2O.H2/c1-3-7(13)6-4-5-8(10)12-9(6)11-2;/h3-5H,1H2,2H3,(H,11,12);1H. The van der Waals surface area contributed by atoms with E-state index >= 15 is 0 Å². The summed E-state index contributed by atoms with van der Waals surface area (Å²) in [5, 5.41) is 2.63. The summed E-state index contributed by atoms with van der Waals surface area (Å²) >= 11 is 0. The molecule has 1 heterocycles. The van der Waals surface area contributed by atoms with Crippen LogP contribution in [0.2, 0.25) is 0 Å². The van der Waals surface area contributed by atoms with Gasteiger partial charge in [-0.15, -0.1) is 0 Å². The molecular weight excluding hydrogens is 171 g/mol. The number of carbonyl (C=O) groups is 1. The van der Waals surface area contributed by atoms with E-state index < -0.39 is 5.95 Å². The van der Waals surface area contributed by atoms with E-state index in [0.717, 1.165) is 12.1 Å². The van der Waals surface area contributed by atoms with Crippen molar-refractivity contribution in [2.75, 3.05) is 12.4 Å². The van der Waals surface area contributed by atoms with Crippen molar-refractivity contribution >= 4 is 11.6 Å². The number of halogens is 1. The first kappa shape index (κ1) is 9.38. The molecule has 0 fully saturated rings. The zero-order valence-corrected chi connectivity index (χ0v) is 7.17. The van der Waals surface area contributed by atoms with E-state index in [1.165, 1.54) is 6.07 Å². The van der Waals surface area contributed by atoms with Crippen molar-refractivity contribution in [2.24, 2.45) is 0 Å². The summed E-state index contributed by atoms with van der Waals surface area (Å²) < 4.78 is 12.6. The van der Waals surface area contributed by atoms with Crippen LogP contribution in [0.1, 0.15) is 11.8 Å². The summed E-state index contributed by atoms with van der Waals surface area (Å²) in [6.45, 7) is 3.34. The zero-order chi connectivity index (χ0) is 9.84. The Kier molecular flexibility index (Phi) is 2.74. The number of hydrogen-bond acceptors (Lipinski definition) is 3. The Bertz CT molecular complexity index is 355. The van der Waals surface area contributed by atoms with E-state index in [0.29, 0.717) is 5.56 Å². The van der Waals surface area contributed by atoms with E-state index in [-0.39, 0.29) is 13.0 Å². The Morgan fingerprint density at radius 2 is 2.46 bits per heavy atom. The molecule has 4 heteroatoms. The smallest absolute Gasteiger partial charge is 0.214 e. The fourth-order valence-electron chi connectivity index (χ4n) is 0.935. The molecule has 0 unspecified atom stereocenters. The Labute approximate surface area is 76.8 Å². The number of rotatable bonds is 3. The lowest BCUT2D eigenvalue weighted by Crippen LogP contribution is -2.04. The number of nitrogens with one attached hydrogen (secondary N) is 1. The molecule has 1 N–H and O–H groups in total. The van der Waals surface area contributed by atoms with Crippen molar-refractivity contribution in [3.63, 3.8) is 0 Å². The van der Waals surface area contributed by atoms with E-state index in [1.54, 1.807) is 7.05 Å². The summed E-state index contributed by atoms with van der Waals surface area (Å²) in [7, 11) is 1.57. The fourth-order valence-corrected chi connectivity index (χ4v) is 0.935. The third-order valence-electron chi connectivity index (χ3n) is 1.55. The number of allylic oxidation sites excluding steroid dienone is 1. The average molecular weight is 182 g/mol. The van der Waals surface area contributed by atoms with Crippen LogP contribution in [0.5, 0.6) is 0 Å². The maximum absolute atomic E-state index is 12.6. The maximum atomic E-state index is 12.6. The number of aromatic nitrogens is 1. The van der Waals surface area contributed by atoms with Crippen LogP contribution in [-0.2, 0) is 0 Å². The van der Waals surface area contributed by atoms with E-state index in [9.17, 15) is 9.18 Å². The van der Waals surface area contributed by atoms with Gasteiger partial charge in [0.2, 0.25) is 5.95 Å². The summed E-state index contributed by atoms with van der Waals surface area (Å²) in [5.74, 6) is -0.674. The second-order valence-corrected chi connectivity index (χ2v) is 2.35. The van der Waals surface area contributed by atoms with Gasteiger partial charge >= 0.3 is 0 Å². The van der Waals surface area contributed by atoms with E-state index in [2.05, 4.69) is 16.9 Å². The Morgan fingerprint density at radius 1 is 1.77 bits per heavy atom. The number of ketones is 1. The van der Waals surface area contributed by atoms with Gasteiger partial charge in [0.05, 0.1) is 5.56 Å². The number of anilines is 1. The quantitative estimate of drug-likeness (QED) is 0.441. The maximum Gasteiger partial charge on any atom is 0.214 e. The molecule has 0 bridgehead atoms. The molecule has 70 valence electrons. The highest BCUT2D eigenvalue weighted by atomic mass is 19.1. The van der Waals surface area contributed by atoms with Gasteiger partial charge in [-0.2, -0.15) is 4.39 Å². The second-order valence-electron chi connectivity index (χ2n) is 2.35. The van der Waals surface area contributed by atoms with Gasteiger partial charge in [-0.3, -0.25) is 4.79 Å². The number of hydrogen-bond donors (Lipinski definition) is 1. The highest BCUT2D eigenvalue weighted by Gasteiger charge is 2.09. The largest absolute Gasteiger partial charge is 0.372 e. The van der Waals surface area contributed by atoms with Crippen molar-refractivity contribution in [3.8, 4) is 0 Å². The molecule has 0 spiro atoms. The molecule has 0 saturated heterocycles. The molecule has 0 aliphatic rings. The second kappa shape index (κ2) is 3.80. The van der Waals surface area contributed by atoms with Crippen LogP contribution in [-0.4, -0.2) is 17.8 Å². The van der Waals surface area contributed by atoms with Crippen LogP contribution < -0.4 is 5.32 Å². The van der Waals surface area contributed by atoms with Crippen LogP contribution >= 0.6 is 0 Å². The highest BCUT2D eigenvalue weighted by molar-refractivity contribution is 6.07. The molecule has 0 aromatic carbocycles. The Morgan fingerprint density at radius 3 is 3.00 bits per heavy atom.